The number of thiophene rings is 1. The van der Waals surface area contributed by atoms with Crippen LogP contribution in [0.25, 0.3) is 55.3 Å². The summed E-state index contributed by atoms with van der Waals surface area (Å²) in [7, 11) is 0. The topological polar surface area (TPSA) is 125 Å². The van der Waals surface area contributed by atoms with Crippen LogP contribution < -0.4 is 5.32 Å². The molecule has 194 valence electrons. The van der Waals surface area contributed by atoms with Gasteiger partial charge in [-0.15, -0.1) is 11.3 Å². The summed E-state index contributed by atoms with van der Waals surface area (Å²) in [6.45, 7) is 0. The lowest BCUT2D eigenvalue weighted by atomic mass is 9.88. The van der Waals surface area contributed by atoms with Gasteiger partial charge in [0.2, 0.25) is 5.91 Å². The van der Waals surface area contributed by atoms with Crippen LogP contribution in [0.3, 0.4) is 0 Å². The third-order valence-electron chi connectivity index (χ3n) is 7.19. The smallest absolute Gasteiger partial charge is 0.227 e. The second kappa shape index (κ2) is 9.66. The molecule has 6 aromatic heterocycles. The Morgan fingerprint density at radius 3 is 2.82 bits per heavy atom. The summed E-state index contributed by atoms with van der Waals surface area (Å²) in [5, 5.41) is 12.4. The third-order valence-corrected chi connectivity index (χ3v) is 8.06. The van der Waals surface area contributed by atoms with Crippen LogP contribution in [-0.4, -0.2) is 41.0 Å². The summed E-state index contributed by atoms with van der Waals surface area (Å²) in [5.74, 6) is -0.121. The Morgan fingerprint density at radius 2 is 1.97 bits per heavy atom. The molecular formula is C28H23FN8OS. The SMILES string of the molecule is O=C(Nc1cncc(-c2ncc3n[nH]c(-c4nc5c(-c6cccs6)nccc5[nH]4)c3c2F)c1)C1CCCCC1. The van der Waals surface area contributed by atoms with Crippen molar-refractivity contribution in [2.75, 3.05) is 5.32 Å². The van der Waals surface area contributed by atoms with Gasteiger partial charge in [-0.25, -0.2) is 9.37 Å². The predicted octanol–water partition coefficient (Wildman–Crippen LogP) is 6.34. The van der Waals surface area contributed by atoms with E-state index >= 15 is 4.39 Å². The van der Waals surface area contributed by atoms with E-state index in [4.69, 9.17) is 4.98 Å². The molecule has 39 heavy (non-hydrogen) atoms. The number of fused-ring (bicyclic) bond motifs is 2. The number of aromatic nitrogens is 7. The van der Waals surface area contributed by atoms with Crippen LogP contribution in [0, 0.1) is 11.7 Å². The molecular weight excluding hydrogens is 515 g/mol. The molecule has 0 atom stereocenters. The number of H-pyrrole nitrogens is 2. The quantitative estimate of drug-likeness (QED) is 0.235. The molecule has 1 amide bonds. The number of amides is 1. The Morgan fingerprint density at radius 1 is 1.08 bits per heavy atom. The molecule has 0 radical (unpaired) electrons. The van der Waals surface area contributed by atoms with Gasteiger partial charge in [0, 0.05) is 23.9 Å². The fraction of sp³-hybridized carbons (Fsp3) is 0.214. The van der Waals surface area contributed by atoms with Gasteiger partial charge in [0.25, 0.3) is 0 Å². The molecule has 7 rings (SSSR count). The zero-order chi connectivity index (χ0) is 26.3. The van der Waals surface area contributed by atoms with Crippen molar-refractivity contribution in [1.82, 2.24) is 35.1 Å². The maximum atomic E-state index is 16.1. The van der Waals surface area contributed by atoms with Crippen molar-refractivity contribution in [3.8, 4) is 33.3 Å². The van der Waals surface area contributed by atoms with E-state index in [1.54, 1.807) is 29.8 Å². The molecule has 1 saturated carbocycles. The third kappa shape index (κ3) is 4.24. The number of hydrogen-bond acceptors (Lipinski definition) is 7. The lowest BCUT2D eigenvalue weighted by Crippen LogP contribution is -2.24. The second-order valence-corrected chi connectivity index (χ2v) is 10.6. The molecule has 0 saturated heterocycles. The first-order valence-electron chi connectivity index (χ1n) is 12.8. The number of hydrogen-bond donors (Lipinski definition) is 3. The van der Waals surface area contributed by atoms with Gasteiger partial charge < -0.3 is 10.3 Å². The van der Waals surface area contributed by atoms with Crippen LogP contribution in [0.2, 0.25) is 0 Å². The second-order valence-electron chi connectivity index (χ2n) is 9.68. The zero-order valence-electron chi connectivity index (χ0n) is 20.7. The fourth-order valence-corrected chi connectivity index (χ4v) is 5.96. The van der Waals surface area contributed by atoms with Crippen molar-refractivity contribution in [2.45, 2.75) is 32.1 Å². The number of rotatable bonds is 5. The van der Waals surface area contributed by atoms with Crippen LogP contribution in [0.5, 0.6) is 0 Å². The standard InChI is InChI=1S/C28H23FN8OS/c29-22-21-19(14-32-23(22)16-11-17(13-30-12-16)33-28(38)15-5-2-1-3-6-15)36-37-26(21)27-34-18-8-9-31-25(24(18)35-27)20-7-4-10-39-20/h4,7-15H,1-3,5-6H2,(H,33,38)(H,34,35)(H,36,37). The number of nitrogens with one attached hydrogen (secondary N) is 3. The number of carbonyl (C=O) groups excluding carboxylic acids is 1. The van der Waals surface area contributed by atoms with Crippen LogP contribution >= 0.6 is 11.3 Å². The molecule has 11 heteroatoms. The first-order chi connectivity index (χ1) is 19.2. The summed E-state index contributed by atoms with van der Waals surface area (Å²) < 4.78 is 16.1. The molecule has 3 N–H and O–H groups in total. The van der Waals surface area contributed by atoms with E-state index < -0.39 is 5.82 Å². The van der Waals surface area contributed by atoms with E-state index in [1.807, 2.05) is 23.6 Å². The van der Waals surface area contributed by atoms with Gasteiger partial charge >= 0.3 is 0 Å². The number of nitrogens with zero attached hydrogens (tertiary/aromatic N) is 5. The van der Waals surface area contributed by atoms with Crippen LogP contribution in [-0.2, 0) is 4.79 Å². The summed E-state index contributed by atoms with van der Waals surface area (Å²) in [4.78, 5) is 34.9. The van der Waals surface area contributed by atoms with Gasteiger partial charge in [-0.05, 0) is 36.4 Å². The predicted molar refractivity (Wildman–Crippen MR) is 148 cm³/mol. The van der Waals surface area contributed by atoms with Gasteiger partial charge in [0.15, 0.2) is 11.6 Å². The lowest BCUT2D eigenvalue weighted by Gasteiger charge is -2.20. The largest absolute Gasteiger partial charge is 0.337 e. The van der Waals surface area contributed by atoms with Crippen molar-refractivity contribution < 1.29 is 9.18 Å². The normalized spacial score (nSPS) is 14.3. The zero-order valence-corrected chi connectivity index (χ0v) is 21.6. The summed E-state index contributed by atoms with van der Waals surface area (Å²) in [6, 6.07) is 7.49. The number of imidazole rings is 1. The van der Waals surface area contributed by atoms with Crippen LogP contribution in [0.4, 0.5) is 10.1 Å². The molecule has 6 aromatic rings. The van der Waals surface area contributed by atoms with E-state index in [0.29, 0.717) is 33.8 Å². The van der Waals surface area contributed by atoms with E-state index in [2.05, 4.69) is 35.5 Å². The van der Waals surface area contributed by atoms with E-state index in [0.717, 1.165) is 41.8 Å². The minimum atomic E-state index is -0.550. The Labute approximate surface area is 226 Å². The Bertz CT molecular complexity index is 1820. The fourth-order valence-electron chi connectivity index (χ4n) is 5.24. The summed E-state index contributed by atoms with van der Waals surface area (Å²) in [5.41, 5.74) is 4.11. The number of pyridine rings is 3. The van der Waals surface area contributed by atoms with Gasteiger partial charge in [-0.1, -0.05) is 25.3 Å². The Balaban J connectivity index is 1.26. The van der Waals surface area contributed by atoms with Crippen LogP contribution in [0.1, 0.15) is 32.1 Å². The minimum absolute atomic E-state index is 0.00134. The molecule has 1 aliphatic carbocycles. The molecule has 1 aliphatic rings. The highest BCUT2D eigenvalue weighted by atomic mass is 32.1. The van der Waals surface area contributed by atoms with Crippen molar-refractivity contribution in [3.05, 3.63) is 60.3 Å². The molecule has 0 spiro atoms. The number of anilines is 1. The molecule has 1 fully saturated rings. The highest BCUT2D eigenvalue weighted by Gasteiger charge is 2.23. The first-order valence-corrected chi connectivity index (χ1v) is 13.7. The number of aromatic amines is 2. The van der Waals surface area contributed by atoms with Gasteiger partial charge in [-0.2, -0.15) is 5.10 Å². The molecule has 0 unspecified atom stereocenters. The maximum Gasteiger partial charge on any atom is 0.227 e. The molecule has 0 bridgehead atoms. The molecule has 0 aromatic carbocycles. The van der Waals surface area contributed by atoms with Gasteiger partial charge in [0.05, 0.1) is 33.9 Å². The van der Waals surface area contributed by atoms with Gasteiger partial charge in [-0.3, -0.25) is 24.8 Å². The van der Waals surface area contributed by atoms with Crippen molar-refractivity contribution >= 4 is 44.9 Å². The highest BCUT2D eigenvalue weighted by Crippen LogP contribution is 2.35. The first kappa shape index (κ1) is 23.6. The number of carbonyl (C=O) groups is 1. The van der Waals surface area contributed by atoms with Crippen LogP contribution in [0.15, 0.2) is 54.4 Å². The Hall–Kier alpha value is -4.51. The summed E-state index contributed by atoms with van der Waals surface area (Å²) in [6.07, 6.45) is 11.4. The average Bonchev–Trinajstić information content (AvgIpc) is 3.73. The van der Waals surface area contributed by atoms with E-state index in [9.17, 15) is 4.79 Å². The van der Waals surface area contributed by atoms with Crippen molar-refractivity contribution in [1.29, 1.82) is 0 Å². The van der Waals surface area contributed by atoms with E-state index in [1.165, 1.54) is 18.8 Å². The van der Waals surface area contributed by atoms with Gasteiger partial charge in [0.1, 0.15) is 28.1 Å². The minimum Gasteiger partial charge on any atom is -0.337 e. The van der Waals surface area contributed by atoms with E-state index in [-0.39, 0.29) is 22.9 Å². The molecule has 0 aliphatic heterocycles. The molecule has 6 heterocycles. The number of halogens is 1. The maximum absolute atomic E-state index is 16.1. The van der Waals surface area contributed by atoms with Crippen molar-refractivity contribution in [2.24, 2.45) is 5.92 Å². The Kier molecular flexibility index (Phi) is 5.85. The lowest BCUT2D eigenvalue weighted by molar-refractivity contribution is -0.120. The monoisotopic (exact) mass is 538 g/mol. The summed E-state index contributed by atoms with van der Waals surface area (Å²) >= 11 is 1.58. The molecule has 9 nitrogen and oxygen atoms in total. The average molecular weight is 539 g/mol. The highest BCUT2D eigenvalue weighted by molar-refractivity contribution is 7.13. The van der Waals surface area contributed by atoms with Crippen molar-refractivity contribution in [3.63, 3.8) is 0 Å².